The Morgan fingerprint density at radius 1 is 1.06 bits per heavy atom. The van der Waals surface area contributed by atoms with Crippen LogP contribution in [0.3, 0.4) is 0 Å². The van der Waals surface area contributed by atoms with Crippen LogP contribution in [-0.2, 0) is 14.2 Å². The molecule has 0 bridgehead atoms. The molecule has 9 atom stereocenters. The summed E-state index contributed by atoms with van der Waals surface area (Å²) in [6.07, 6.45) is -1.82. The number of Topliss-reactive ketones (excluding diaryl/α,β-unsaturated/α-hetero) is 1. The van der Waals surface area contributed by atoms with Crippen molar-refractivity contribution in [2.75, 3.05) is 38.1 Å². The molecule has 1 aliphatic carbocycles. The number of carbonyl (C=O) groups excluding carboxylic acids is 1. The van der Waals surface area contributed by atoms with Crippen LogP contribution in [0.1, 0.15) is 71.7 Å². The summed E-state index contributed by atoms with van der Waals surface area (Å²) in [4.78, 5) is 24.5. The van der Waals surface area contributed by atoms with Crippen LogP contribution in [0.25, 0.3) is 10.8 Å². The van der Waals surface area contributed by atoms with Gasteiger partial charge < -0.3 is 54.7 Å². The summed E-state index contributed by atoms with van der Waals surface area (Å²) in [5.74, 6) is -1.59. The normalized spacial score (nSPS) is 34.9. The molecule has 0 amide bonds. The van der Waals surface area contributed by atoms with Crippen molar-refractivity contribution in [3.8, 4) is 17.2 Å². The van der Waals surface area contributed by atoms with Crippen molar-refractivity contribution in [3.05, 3.63) is 28.8 Å². The van der Waals surface area contributed by atoms with Crippen LogP contribution in [0.15, 0.2) is 12.1 Å². The van der Waals surface area contributed by atoms with Crippen LogP contribution in [0.2, 0.25) is 0 Å². The first-order chi connectivity index (χ1) is 23.9. The molecule has 1 saturated carbocycles. The smallest absolute Gasteiger partial charge is 0.335 e. The van der Waals surface area contributed by atoms with Gasteiger partial charge in [0.1, 0.15) is 47.1 Å². The minimum Gasteiger partial charge on any atom is -0.507 e. The third-order valence-electron chi connectivity index (χ3n) is 11.4. The van der Waals surface area contributed by atoms with Gasteiger partial charge in [0.15, 0.2) is 5.78 Å². The minimum absolute atomic E-state index is 0.0428. The summed E-state index contributed by atoms with van der Waals surface area (Å²) in [7, 11) is 3.04. The van der Waals surface area contributed by atoms with Crippen LogP contribution in [0.5, 0.6) is 17.2 Å². The standard InChI is InChI=1S/C35H46O13S2/c1-17-25(18(2)38)29(40)26-22(28(17)39)10-21(32(43)44)11-23(26)47-33-30(41)31(42)35(24(12-37)48-33)7-6-19-4-3-5-20-13-45-14-34(8-9-36,27(19)20)15-49-50-16-46-35/h10-11,19-20,24,27,30-31,33,36-37,39-42H,3-9,12-16H2,1-2H3,(H,43,44)/t19-,20-,24+,27+,30+,31+,33+,34+,35+/m0/s1. The highest BCUT2D eigenvalue weighted by molar-refractivity contribution is 8.76. The SMILES string of the molecule is CC(=O)c1c(C)c(O)c2cc(C(=O)O)cc(O[C@@H]3O[C@H](CO)[C@]4(CC[C@@H]5CCC[C@H]6COC[C@](CCO)(CSSCO4)[C@H]56)[C@H](O)[C@H]3O)c2c1O. The van der Waals surface area contributed by atoms with Crippen LogP contribution >= 0.6 is 21.6 Å². The molecule has 2 aromatic carbocycles. The molecule has 7 N–H and O–H groups in total. The molecule has 0 radical (unpaired) electrons. The summed E-state index contributed by atoms with van der Waals surface area (Å²) in [5.41, 5.74) is -2.24. The van der Waals surface area contributed by atoms with Crippen molar-refractivity contribution in [2.24, 2.45) is 23.2 Å². The van der Waals surface area contributed by atoms with E-state index in [4.69, 9.17) is 18.9 Å². The van der Waals surface area contributed by atoms with E-state index in [-0.39, 0.29) is 69.4 Å². The highest BCUT2D eigenvalue weighted by Crippen LogP contribution is 2.55. The molecule has 0 unspecified atom stereocenters. The first kappa shape index (κ1) is 37.4. The van der Waals surface area contributed by atoms with Gasteiger partial charge in [0, 0.05) is 35.3 Å². The van der Waals surface area contributed by atoms with Crippen molar-refractivity contribution >= 4 is 44.1 Å². The lowest BCUT2D eigenvalue weighted by Crippen LogP contribution is -2.69. The Morgan fingerprint density at radius 3 is 2.52 bits per heavy atom. The van der Waals surface area contributed by atoms with Gasteiger partial charge in [0.25, 0.3) is 0 Å². The Kier molecular flexibility index (Phi) is 11.2. The largest absolute Gasteiger partial charge is 0.507 e. The molecule has 4 aliphatic rings. The summed E-state index contributed by atoms with van der Waals surface area (Å²) in [6, 6.07) is 2.19. The Labute approximate surface area is 297 Å². The third-order valence-corrected chi connectivity index (χ3v) is 13.6. The number of carboxylic acids is 1. The molecule has 0 aromatic heterocycles. The number of rotatable bonds is 7. The number of carbonyl (C=O) groups is 2. The number of aromatic hydroxyl groups is 2. The fraction of sp³-hybridized carbons (Fsp3) is 0.657. The first-order valence-corrected chi connectivity index (χ1v) is 19.5. The van der Waals surface area contributed by atoms with E-state index in [1.54, 1.807) is 10.8 Å². The molecule has 15 heteroatoms. The lowest BCUT2D eigenvalue weighted by atomic mass is 9.56. The van der Waals surface area contributed by atoms with Gasteiger partial charge in [-0.3, -0.25) is 4.79 Å². The molecule has 50 heavy (non-hydrogen) atoms. The van der Waals surface area contributed by atoms with E-state index in [2.05, 4.69) is 0 Å². The van der Waals surface area contributed by atoms with Crippen molar-refractivity contribution in [1.82, 2.24) is 0 Å². The number of aromatic carboxylic acids is 1. The molecule has 13 nitrogen and oxygen atoms in total. The number of benzene rings is 2. The van der Waals surface area contributed by atoms with Crippen LogP contribution in [-0.4, -0.2) is 116 Å². The van der Waals surface area contributed by atoms with Gasteiger partial charge in [-0.2, -0.15) is 0 Å². The van der Waals surface area contributed by atoms with Crippen LogP contribution in [0.4, 0.5) is 0 Å². The van der Waals surface area contributed by atoms with E-state index in [0.717, 1.165) is 37.1 Å². The van der Waals surface area contributed by atoms with Crippen molar-refractivity contribution in [2.45, 2.75) is 82.6 Å². The molecular weight excluding hydrogens is 693 g/mol. The van der Waals surface area contributed by atoms with Crippen molar-refractivity contribution in [1.29, 1.82) is 0 Å². The second-order valence-electron chi connectivity index (χ2n) is 14.1. The quantitative estimate of drug-likeness (QED) is 0.123. The second-order valence-corrected chi connectivity index (χ2v) is 16.6. The lowest BCUT2D eigenvalue weighted by Gasteiger charge is -2.54. The molecule has 1 spiro atoms. The molecule has 6 rings (SSSR count). The number of ketones is 1. The molecule has 4 fully saturated rings. The van der Waals surface area contributed by atoms with Crippen LogP contribution in [0, 0.1) is 30.1 Å². The fourth-order valence-corrected chi connectivity index (χ4v) is 11.5. The maximum Gasteiger partial charge on any atom is 0.335 e. The van der Waals surface area contributed by atoms with Crippen molar-refractivity contribution < 1.29 is 64.3 Å². The number of ether oxygens (including phenoxy) is 4. The van der Waals surface area contributed by atoms with E-state index in [1.807, 2.05) is 0 Å². The number of aliphatic hydroxyl groups excluding tert-OH is 4. The van der Waals surface area contributed by atoms with Gasteiger partial charge in [-0.15, -0.1) is 0 Å². The first-order valence-electron chi connectivity index (χ1n) is 17.0. The number of carboxylic acid groups (broad SMARTS) is 1. The van der Waals surface area contributed by atoms with E-state index in [0.29, 0.717) is 32.0 Å². The van der Waals surface area contributed by atoms with Gasteiger partial charge in [-0.25, -0.2) is 4.79 Å². The average Bonchev–Trinajstić information content (AvgIpc) is 3.11. The van der Waals surface area contributed by atoms with Gasteiger partial charge in [0.2, 0.25) is 6.29 Å². The van der Waals surface area contributed by atoms with Gasteiger partial charge in [-0.1, -0.05) is 34.4 Å². The topological polar surface area (TPSA) is 213 Å². The summed E-state index contributed by atoms with van der Waals surface area (Å²) < 4.78 is 24.7. The predicted molar refractivity (Wildman–Crippen MR) is 185 cm³/mol. The second kappa shape index (κ2) is 15.0. The van der Waals surface area contributed by atoms with E-state index in [1.165, 1.54) is 24.6 Å². The molecular formula is C35H46O13S2. The molecule has 3 heterocycles. The number of aliphatic hydroxyl groups is 4. The highest BCUT2D eigenvalue weighted by Gasteiger charge is 2.59. The highest BCUT2D eigenvalue weighted by atomic mass is 33.1. The van der Waals surface area contributed by atoms with Crippen molar-refractivity contribution in [3.63, 3.8) is 0 Å². The fourth-order valence-electron chi connectivity index (χ4n) is 9.10. The Bertz CT molecular complexity index is 1590. The lowest BCUT2D eigenvalue weighted by molar-refractivity contribution is -0.323. The predicted octanol–water partition coefficient (Wildman–Crippen LogP) is 3.60. The van der Waals surface area contributed by atoms with Gasteiger partial charge >= 0.3 is 5.97 Å². The van der Waals surface area contributed by atoms with Crippen LogP contribution < -0.4 is 4.74 Å². The number of fused-ring (bicyclic) bond motifs is 1. The maximum atomic E-state index is 12.5. The van der Waals surface area contributed by atoms with E-state index >= 15 is 0 Å². The third kappa shape index (κ3) is 6.47. The summed E-state index contributed by atoms with van der Waals surface area (Å²) in [5, 5.41) is 76.1. The summed E-state index contributed by atoms with van der Waals surface area (Å²) >= 11 is 0. The minimum atomic E-state index is -1.77. The Balaban J connectivity index is 1.35. The van der Waals surface area contributed by atoms with E-state index < -0.39 is 60.1 Å². The van der Waals surface area contributed by atoms with Gasteiger partial charge in [-0.05, 0) is 69.4 Å². The Hall–Kier alpha value is -2.34. The molecule has 276 valence electrons. The molecule has 3 aliphatic heterocycles. The zero-order chi connectivity index (χ0) is 36.0. The number of hydrogen-bond acceptors (Lipinski definition) is 14. The van der Waals surface area contributed by atoms with Gasteiger partial charge in [0.05, 0.1) is 29.7 Å². The monoisotopic (exact) mass is 738 g/mol. The zero-order valence-corrected chi connectivity index (χ0v) is 29.7. The number of phenols is 2. The summed E-state index contributed by atoms with van der Waals surface area (Å²) in [6.45, 7) is 3.27. The maximum absolute atomic E-state index is 12.5. The van der Waals surface area contributed by atoms with E-state index in [9.17, 15) is 45.3 Å². The molecule has 2 aromatic rings. The zero-order valence-electron chi connectivity index (χ0n) is 28.1. The molecule has 3 saturated heterocycles. The average molecular weight is 739 g/mol. The Morgan fingerprint density at radius 2 is 1.82 bits per heavy atom. The number of hydrogen-bond donors (Lipinski definition) is 7. The number of phenolic OH excluding ortho intramolecular Hbond substituents is 2.